The smallest absolute Gasteiger partial charge is 0.257 e. The molecule has 0 aromatic heterocycles. The predicted molar refractivity (Wildman–Crippen MR) is 74.9 cm³/mol. The molecule has 1 amide bonds. The van der Waals surface area contributed by atoms with Crippen LogP contribution in [0.15, 0.2) is 30.3 Å². The van der Waals surface area contributed by atoms with E-state index in [1.165, 1.54) is 12.1 Å². The average molecular weight is 297 g/mol. The van der Waals surface area contributed by atoms with Crippen molar-refractivity contribution in [1.29, 1.82) is 0 Å². The molecule has 0 aliphatic heterocycles. The Balaban J connectivity index is 2.35. The van der Waals surface area contributed by atoms with Gasteiger partial charge < -0.3 is 11.1 Å². The van der Waals surface area contributed by atoms with Crippen molar-refractivity contribution in [1.82, 2.24) is 0 Å². The molecule has 3 nitrogen and oxygen atoms in total. The van der Waals surface area contributed by atoms with E-state index in [-0.39, 0.29) is 16.3 Å². The number of rotatable bonds is 2. The third kappa shape index (κ3) is 2.72. The number of nitrogen functional groups attached to an aromatic ring is 1. The van der Waals surface area contributed by atoms with Crippen molar-refractivity contribution in [3.05, 3.63) is 58.1 Å². The van der Waals surface area contributed by atoms with E-state index in [2.05, 4.69) is 5.32 Å². The number of halogens is 3. The SMILES string of the molecule is Cc1ccc(C(=O)Nc2c(N)ccc(F)c2F)c(Cl)c1. The lowest BCUT2D eigenvalue weighted by Gasteiger charge is -2.11. The highest BCUT2D eigenvalue weighted by molar-refractivity contribution is 6.34. The topological polar surface area (TPSA) is 55.1 Å². The van der Waals surface area contributed by atoms with Gasteiger partial charge in [-0.25, -0.2) is 8.78 Å². The second kappa shape index (κ2) is 5.46. The van der Waals surface area contributed by atoms with E-state index in [1.807, 2.05) is 6.92 Å². The zero-order valence-corrected chi connectivity index (χ0v) is 11.3. The number of amides is 1. The molecule has 0 saturated heterocycles. The summed E-state index contributed by atoms with van der Waals surface area (Å²) in [5.74, 6) is -2.96. The minimum Gasteiger partial charge on any atom is -0.397 e. The van der Waals surface area contributed by atoms with Crippen LogP contribution in [-0.2, 0) is 0 Å². The summed E-state index contributed by atoms with van der Waals surface area (Å²) in [6.45, 7) is 1.82. The van der Waals surface area contributed by atoms with Gasteiger partial charge in [-0.2, -0.15) is 0 Å². The largest absolute Gasteiger partial charge is 0.397 e. The quantitative estimate of drug-likeness (QED) is 0.829. The minimum absolute atomic E-state index is 0.0690. The van der Waals surface area contributed by atoms with Crippen LogP contribution in [0.3, 0.4) is 0 Å². The summed E-state index contributed by atoms with van der Waals surface area (Å²) >= 11 is 5.94. The number of aryl methyl sites for hydroxylation is 1. The monoisotopic (exact) mass is 296 g/mol. The highest BCUT2D eigenvalue weighted by Gasteiger charge is 2.17. The van der Waals surface area contributed by atoms with Gasteiger partial charge in [0.15, 0.2) is 11.6 Å². The highest BCUT2D eigenvalue weighted by Crippen LogP contribution is 2.26. The van der Waals surface area contributed by atoms with Crippen molar-refractivity contribution < 1.29 is 13.6 Å². The van der Waals surface area contributed by atoms with Crippen LogP contribution in [0, 0.1) is 18.6 Å². The van der Waals surface area contributed by atoms with Gasteiger partial charge in [-0.1, -0.05) is 17.7 Å². The van der Waals surface area contributed by atoms with E-state index in [0.29, 0.717) is 0 Å². The number of benzene rings is 2. The van der Waals surface area contributed by atoms with E-state index >= 15 is 0 Å². The van der Waals surface area contributed by atoms with Crippen molar-refractivity contribution in [2.75, 3.05) is 11.1 Å². The maximum absolute atomic E-state index is 13.6. The van der Waals surface area contributed by atoms with Crippen LogP contribution in [0.25, 0.3) is 0 Å². The molecule has 0 saturated carbocycles. The van der Waals surface area contributed by atoms with E-state index in [0.717, 1.165) is 11.6 Å². The van der Waals surface area contributed by atoms with Gasteiger partial charge in [-0.05, 0) is 36.8 Å². The molecule has 2 aromatic rings. The molecule has 3 N–H and O–H groups in total. The van der Waals surface area contributed by atoms with E-state index < -0.39 is 23.2 Å². The first-order valence-corrected chi connectivity index (χ1v) is 6.09. The fourth-order valence-electron chi connectivity index (χ4n) is 1.68. The molecule has 20 heavy (non-hydrogen) atoms. The summed E-state index contributed by atoms with van der Waals surface area (Å²) in [5, 5.41) is 2.45. The highest BCUT2D eigenvalue weighted by atomic mass is 35.5. The first-order valence-electron chi connectivity index (χ1n) is 5.71. The average Bonchev–Trinajstić information content (AvgIpc) is 2.39. The van der Waals surface area contributed by atoms with E-state index in [1.54, 1.807) is 12.1 Å². The number of hydrogen-bond donors (Lipinski definition) is 2. The van der Waals surface area contributed by atoms with Gasteiger partial charge in [0, 0.05) is 0 Å². The molecule has 0 bridgehead atoms. The van der Waals surface area contributed by atoms with E-state index in [4.69, 9.17) is 17.3 Å². The van der Waals surface area contributed by atoms with Crippen molar-refractivity contribution in [3.8, 4) is 0 Å². The maximum atomic E-state index is 13.6. The van der Waals surface area contributed by atoms with Crippen molar-refractivity contribution in [3.63, 3.8) is 0 Å². The van der Waals surface area contributed by atoms with Crippen LogP contribution in [0.4, 0.5) is 20.2 Å². The van der Waals surface area contributed by atoms with Gasteiger partial charge in [0.25, 0.3) is 5.91 Å². The van der Waals surface area contributed by atoms with Gasteiger partial charge in [-0.3, -0.25) is 4.79 Å². The fourth-order valence-corrected chi connectivity index (χ4v) is 2.00. The Morgan fingerprint density at radius 2 is 1.95 bits per heavy atom. The fraction of sp³-hybridized carbons (Fsp3) is 0.0714. The van der Waals surface area contributed by atoms with Crippen LogP contribution in [0.1, 0.15) is 15.9 Å². The van der Waals surface area contributed by atoms with Crippen LogP contribution in [0.2, 0.25) is 5.02 Å². The van der Waals surface area contributed by atoms with Gasteiger partial charge in [0.1, 0.15) is 5.69 Å². The van der Waals surface area contributed by atoms with Crippen LogP contribution >= 0.6 is 11.6 Å². The number of hydrogen-bond acceptors (Lipinski definition) is 2. The Morgan fingerprint density at radius 3 is 2.60 bits per heavy atom. The molecule has 0 fully saturated rings. The van der Waals surface area contributed by atoms with Gasteiger partial charge in [0.2, 0.25) is 0 Å². The zero-order chi connectivity index (χ0) is 14.9. The first-order chi connectivity index (χ1) is 9.40. The Kier molecular flexibility index (Phi) is 3.90. The summed E-state index contributed by atoms with van der Waals surface area (Å²) in [6.07, 6.45) is 0. The van der Waals surface area contributed by atoms with Crippen LogP contribution in [0.5, 0.6) is 0 Å². The number of carbonyl (C=O) groups is 1. The standard InChI is InChI=1S/C14H11ClF2N2O/c1-7-2-3-8(9(15)6-7)14(20)19-13-11(18)5-4-10(16)12(13)17/h2-6H,18H2,1H3,(H,19,20). The zero-order valence-electron chi connectivity index (χ0n) is 10.5. The van der Waals surface area contributed by atoms with Crippen molar-refractivity contribution in [2.45, 2.75) is 6.92 Å². The van der Waals surface area contributed by atoms with Gasteiger partial charge in [-0.15, -0.1) is 0 Å². The van der Waals surface area contributed by atoms with Crippen molar-refractivity contribution >= 4 is 28.9 Å². The molecule has 0 aliphatic rings. The summed E-state index contributed by atoms with van der Waals surface area (Å²) in [6, 6.07) is 6.85. The Hall–Kier alpha value is -2.14. The number of carbonyl (C=O) groups excluding carboxylic acids is 1. The van der Waals surface area contributed by atoms with Crippen LogP contribution < -0.4 is 11.1 Å². The molecule has 0 atom stereocenters. The molecule has 104 valence electrons. The lowest BCUT2D eigenvalue weighted by molar-refractivity contribution is 0.102. The molecular formula is C14H11ClF2N2O. The Labute approximate surface area is 119 Å². The number of nitrogens with one attached hydrogen (secondary N) is 1. The molecule has 2 aromatic carbocycles. The van der Waals surface area contributed by atoms with Gasteiger partial charge >= 0.3 is 0 Å². The van der Waals surface area contributed by atoms with Crippen molar-refractivity contribution in [2.24, 2.45) is 0 Å². The van der Waals surface area contributed by atoms with E-state index in [9.17, 15) is 13.6 Å². The second-order valence-electron chi connectivity index (χ2n) is 4.26. The third-order valence-corrected chi connectivity index (χ3v) is 3.05. The molecule has 0 unspecified atom stereocenters. The summed E-state index contributed by atoms with van der Waals surface area (Å²) in [7, 11) is 0. The van der Waals surface area contributed by atoms with Gasteiger partial charge in [0.05, 0.1) is 16.3 Å². The lowest BCUT2D eigenvalue weighted by atomic mass is 10.1. The maximum Gasteiger partial charge on any atom is 0.257 e. The summed E-state index contributed by atoms with van der Waals surface area (Å²) in [4.78, 5) is 12.0. The molecule has 6 heteroatoms. The second-order valence-corrected chi connectivity index (χ2v) is 4.67. The Bertz CT molecular complexity index is 689. The molecule has 0 aliphatic carbocycles. The molecular weight excluding hydrogens is 286 g/mol. The summed E-state index contributed by atoms with van der Waals surface area (Å²) in [5.41, 5.74) is 6.09. The normalized spacial score (nSPS) is 10.4. The lowest BCUT2D eigenvalue weighted by Crippen LogP contribution is -2.15. The molecule has 2 rings (SSSR count). The van der Waals surface area contributed by atoms with Crippen LogP contribution in [-0.4, -0.2) is 5.91 Å². The third-order valence-electron chi connectivity index (χ3n) is 2.73. The Morgan fingerprint density at radius 1 is 1.25 bits per heavy atom. The molecule has 0 radical (unpaired) electrons. The molecule has 0 spiro atoms. The molecule has 0 heterocycles. The summed E-state index contributed by atoms with van der Waals surface area (Å²) < 4.78 is 26.7. The first kappa shape index (κ1) is 14.3. The number of anilines is 2. The predicted octanol–water partition coefficient (Wildman–Crippen LogP) is 3.76. The minimum atomic E-state index is -1.21. The number of nitrogens with two attached hydrogens (primary N) is 1.